The molecular formula is C40H40Si2. The first-order chi connectivity index (χ1) is 20.7. The number of allylic oxidation sites excluding steroid dienone is 3. The van der Waals surface area contributed by atoms with E-state index in [0.717, 1.165) is 37.8 Å². The van der Waals surface area contributed by atoms with Crippen molar-refractivity contribution in [2.45, 2.75) is 51.6 Å². The van der Waals surface area contributed by atoms with Gasteiger partial charge in [0.1, 0.15) is 0 Å². The third kappa shape index (κ3) is 5.93. The van der Waals surface area contributed by atoms with E-state index in [1.165, 1.54) is 37.8 Å². The Bertz CT molecular complexity index is 1580. The summed E-state index contributed by atoms with van der Waals surface area (Å²) in [6.45, 7) is 4.52. The Hall–Kier alpha value is -4.09. The molecule has 0 amide bonds. The van der Waals surface area contributed by atoms with Crippen LogP contribution < -0.4 is 10.4 Å². The first-order valence-corrected chi connectivity index (χ1v) is 19.9. The van der Waals surface area contributed by atoms with Crippen LogP contribution in [0.3, 0.4) is 0 Å². The highest BCUT2D eigenvalue weighted by Gasteiger charge is 2.46. The molecule has 208 valence electrons. The molecule has 2 heteroatoms. The zero-order chi connectivity index (χ0) is 29.3. The van der Waals surface area contributed by atoms with Crippen LogP contribution in [-0.4, -0.2) is 16.1 Å². The smallest absolute Gasteiger partial charge is 0.126 e. The van der Waals surface area contributed by atoms with Crippen LogP contribution in [0.1, 0.15) is 50.7 Å². The lowest BCUT2D eigenvalue weighted by molar-refractivity contribution is 0.840. The van der Waals surface area contributed by atoms with E-state index in [0.29, 0.717) is 0 Å². The lowest BCUT2D eigenvalue weighted by Gasteiger charge is -2.29. The van der Waals surface area contributed by atoms with Gasteiger partial charge in [0.25, 0.3) is 0 Å². The average Bonchev–Trinajstić information content (AvgIpc) is 3.42. The van der Waals surface area contributed by atoms with Crippen molar-refractivity contribution in [2.75, 3.05) is 0 Å². The lowest BCUT2D eigenvalue weighted by atomic mass is 9.93. The topological polar surface area (TPSA) is 0 Å². The molecule has 5 rings (SSSR count). The van der Waals surface area contributed by atoms with Crippen molar-refractivity contribution >= 4 is 37.7 Å². The van der Waals surface area contributed by atoms with Gasteiger partial charge in [0.2, 0.25) is 8.07 Å². The van der Waals surface area contributed by atoms with Crippen molar-refractivity contribution in [3.63, 3.8) is 0 Å². The van der Waals surface area contributed by atoms with Crippen molar-refractivity contribution in [2.24, 2.45) is 0 Å². The van der Waals surface area contributed by atoms with E-state index in [-0.39, 0.29) is 0 Å². The van der Waals surface area contributed by atoms with Gasteiger partial charge < -0.3 is 0 Å². The monoisotopic (exact) mass is 576 g/mol. The molecule has 0 fully saturated rings. The van der Waals surface area contributed by atoms with E-state index >= 15 is 0 Å². The first kappa shape index (κ1) is 29.4. The lowest BCUT2D eigenvalue weighted by Crippen LogP contribution is -2.58. The SMILES string of the molecule is C#C[Si](C#CC1=C(c2ccccc2)C(c2ccccc2)=C[Si]1(c1ccccc1)c1ccccc1)(CCCC)CCCC. The van der Waals surface area contributed by atoms with Crippen LogP contribution in [0.4, 0.5) is 0 Å². The van der Waals surface area contributed by atoms with E-state index in [9.17, 15) is 0 Å². The van der Waals surface area contributed by atoms with Crippen LogP contribution >= 0.6 is 0 Å². The van der Waals surface area contributed by atoms with Gasteiger partial charge >= 0.3 is 0 Å². The molecule has 1 heterocycles. The van der Waals surface area contributed by atoms with Crippen molar-refractivity contribution in [3.8, 4) is 23.4 Å². The van der Waals surface area contributed by atoms with E-state index in [1.807, 2.05) is 0 Å². The number of hydrogen-bond acceptors (Lipinski definition) is 0. The minimum absolute atomic E-state index is 1.07. The summed E-state index contributed by atoms with van der Waals surface area (Å²) in [5, 5.41) is 3.98. The molecule has 0 saturated heterocycles. The highest BCUT2D eigenvalue weighted by atomic mass is 28.3. The van der Waals surface area contributed by atoms with Crippen LogP contribution in [0.2, 0.25) is 12.1 Å². The molecule has 1 aliphatic heterocycles. The Morgan fingerprint density at radius 1 is 0.619 bits per heavy atom. The second-order valence-electron chi connectivity index (χ2n) is 11.3. The standard InChI is InChI=1S/C40H40Si2/c1-4-7-30-41(6-3,31-8-5-2)32-29-39-40(35-23-15-10-16-24-35)38(34-21-13-9-14-22-34)33-42(39,36-25-17-11-18-26-36)37-27-19-12-20-28-37/h3,9-28,33H,4-5,7-8,30-31H2,1-2H3. The molecule has 4 aromatic carbocycles. The molecule has 1 aliphatic rings. The predicted octanol–water partition coefficient (Wildman–Crippen LogP) is 8.64. The number of benzene rings is 4. The van der Waals surface area contributed by atoms with Gasteiger partial charge in [-0.15, -0.1) is 17.5 Å². The van der Waals surface area contributed by atoms with Crippen LogP contribution in [0.5, 0.6) is 0 Å². The molecule has 0 radical (unpaired) electrons. The fourth-order valence-corrected chi connectivity index (χ4v) is 14.0. The molecule has 4 aromatic rings. The normalized spacial score (nSPS) is 14.1. The van der Waals surface area contributed by atoms with Gasteiger partial charge in [-0.25, -0.2) is 0 Å². The molecule has 0 N–H and O–H groups in total. The van der Waals surface area contributed by atoms with Gasteiger partial charge in [-0.3, -0.25) is 0 Å². The van der Waals surface area contributed by atoms with Gasteiger partial charge in [0.15, 0.2) is 8.07 Å². The summed E-state index contributed by atoms with van der Waals surface area (Å²) >= 11 is 0. The average molecular weight is 577 g/mol. The number of terminal acetylenes is 1. The van der Waals surface area contributed by atoms with Crippen molar-refractivity contribution in [1.82, 2.24) is 0 Å². The third-order valence-electron chi connectivity index (χ3n) is 8.50. The number of rotatable bonds is 10. The molecule has 0 unspecified atom stereocenters. The van der Waals surface area contributed by atoms with Gasteiger partial charge in [-0.2, -0.15) is 0 Å². The van der Waals surface area contributed by atoms with Crippen LogP contribution in [-0.2, 0) is 0 Å². The second-order valence-corrected chi connectivity index (χ2v) is 18.5. The van der Waals surface area contributed by atoms with Gasteiger partial charge in [-0.1, -0.05) is 172 Å². The molecule has 0 aliphatic carbocycles. The van der Waals surface area contributed by atoms with E-state index in [1.54, 1.807) is 0 Å². The van der Waals surface area contributed by atoms with Crippen LogP contribution in [0.15, 0.2) is 132 Å². The maximum atomic E-state index is 6.42. The number of hydrogen-bond donors (Lipinski definition) is 0. The highest BCUT2D eigenvalue weighted by molar-refractivity contribution is 7.14. The van der Waals surface area contributed by atoms with E-state index in [4.69, 9.17) is 6.42 Å². The second kappa shape index (κ2) is 13.7. The molecule has 0 aromatic heterocycles. The van der Waals surface area contributed by atoms with Crippen molar-refractivity contribution < 1.29 is 0 Å². The predicted molar refractivity (Wildman–Crippen MR) is 187 cm³/mol. The molecule has 0 spiro atoms. The summed E-state index contributed by atoms with van der Waals surface area (Å²) in [5.74, 6) is 3.99. The Morgan fingerprint density at radius 3 is 1.52 bits per heavy atom. The molecular weight excluding hydrogens is 537 g/mol. The Morgan fingerprint density at radius 2 is 1.07 bits per heavy atom. The summed E-state index contributed by atoms with van der Waals surface area (Å²) in [6.07, 6.45) is 11.0. The van der Waals surface area contributed by atoms with E-state index < -0.39 is 16.1 Å². The summed E-state index contributed by atoms with van der Waals surface area (Å²) in [7, 11) is -4.93. The van der Waals surface area contributed by atoms with E-state index in [2.05, 4.69) is 158 Å². The zero-order valence-corrected chi connectivity index (χ0v) is 26.9. The largest absolute Gasteiger partial charge is 0.216 e. The van der Waals surface area contributed by atoms with Gasteiger partial charge in [-0.05, 0) is 44.7 Å². The molecule has 0 saturated carbocycles. The van der Waals surface area contributed by atoms with Crippen molar-refractivity contribution in [3.05, 3.63) is 143 Å². The van der Waals surface area contributed by atoms with Crippen molar-refractivity contribution in [1.29, 1.82) is 0 Å². The quantitative estimate of drug-likeness (QED) is 0.131. The summed E-state index contributed by atoms with van der Waals surface area (Å²) in [5.41, 5.74) is 14.9. The van der Waals surface area contributed by atoms with Gasteiger partial charge in [0, 0.05) is 5.20 Å². The molecule has 0 nitrogen and oxygen atoms in total. The third-order valence-corrected chi connectivity index (χ3v) is 16.4. The maximum Gasteiger partial charge on any atom is 0.216 e. The summed E-state index contributed by atoms with van der Waals surface area (Å²) in [6, 6.07) is 46.1. The van der Waals surface area contributed by atoms with Gasteiger partial charge in [0.05, 0.1) is 0 Å². The molecule has 0 bridgehead atoms. The fraction of sp³-hybridized carbons (Fsp3) is 0.200. The fourth-order valence-electron chi connectivity index (χ4n) is 6.20. The minimum atomic E-state index is -2.68. The zero-order valence-electron chi connectivity index (χ0n) is 24.9. The minimum Gasteiger partial charge on any atom is -0.126 e. The highest BCUT2D eigenvalue weighted by Crippen LogP contribution is 2.44. The maximum absolute atomic E-state index is 6.42. The molecule has 0 atom stereocenters. The Labute approximate surface area is 255 Å². The van der Waals surface area contributed by atoms with Crippen LogP contribution in [0, 0.1) is 23.4 Å². The Balaban J connectivity index is 1.89. The summed E-state index contributed by atoms with van der Waals surface area (Å²) in [4.78, 5) is 0. The first-order valence-electron chi connectivity index (χ1n) is 15.4. The Kier molecular flexibility index (Phi) is 9.60. The van der Waals surface area contributed by atoms with Crippen LogP contribution in [0.25, 0.3) is 11.1 Å². The molecule has 42 heavy (non-hydrogen) atoms. The summed E-state index contributed by atoms with van der Waals surface area (Å²) < 4.78 is 0. The number of unbranched alkanes of at least 4 members (excludes halogenated alkanes) is 2.